The van der Waals surface area contributed by atoms with Crippen molar-refractivity contribution in [3.05, 3.63) is 65.3 Å². The largest absolute Gasteiger partial charge is 0.393 e. The van der Waals surface area contributed by atoms with Gasteiger partial charge < -0.3 is 20.3 Å². The average Bonchev–Trinajstić information content (AvgIpc) is 3.44. The Morgan fingerprint density at radius 2 is 1.97 bits per heavy atom. The zero-order chi connectivity index (χ0) is 27.8. The van der Waals surface area contributed by atoms with E-state index in [0.29, 0.717) is 30.6 Å². The highest BCUT2D eigenvalue weighted by Gasteiger charge is 2.53. The Bertz CT molecular complexity index is 1130. The summed E-state index contributed by atoms with van der Waals surface area (Å²) in [5.41, 5.74) is 4.48. The molecule has 0 aromatic carbocycles. The Balaban J connectivity index is 1.26. The van der Waals surface area contributed by atoms with Crippen molar-refractivity contribution in [1.29, 1.82) is 0 Å². The number of allylic oxidation sites excluding steroid dienone is 4. The first-order chi connectivity index (χ1) is 18.7. The minimum absolute atomic E-state index is 0.235. The molecule has 5 rings (SSSR count). The molecule has 4 aliphatic carbocycles. The van der Waals surface area contributed by atoms with Crippen LogP contribution >= 0.6 is 0 Å². The number of H-pyrrole nitrogens is 1. The SMILES string of the molecule is C=C1/C(=C\C=C2/CCC[C@]3(C)[C@@H]([C@H](C)/C=C/[C@H](O)C4(c5ncc(CCCC)[nH]5)CC4)CC[C@@H]23)C[C@@H](O)C[C@@H]1O. The molecule has 7 atom stereocenters. The molecule has 4 fully saturated rings. The van der Waals surface area contributed by atoms with Crippen LogP contribution in [0.3, 0.4) is 0 Å². The number of unbranched alkanes of at least 4 members (excludes halogenated alkanes) is 1. The van der Waals surface area contributed by atoms with Gasteiger partial charge in [0.25, 0.3) is 0 Å². The first-order valence-corrected chi connectivity index (χ1v) is 15.5. The maximum atomic E-state index is 11.3. The lowest BCUT2D eigenvalue weighted by atomic mass is 9.61. The van der Waals surface area contributed by atoms with Crippen LogP contribution < -0.4 is 0 Å². The third kappa shape index (κ3) is 5.64. The fourth-order valence-corrected chi connectivity index (χ4v) is 8.12. The van der Waals surface area contributed by atoms with Crippen LogP contribution in [0.15, 0.2) is 53.8 Å². The molecule has 39 heavy (non-hydrogen) atoms. The Morgan fingerprint density at radius 1 is 1.18 bits per heavy atom. The molecule has 0 bridgehead atoms. The van der Waals surface area contributed by atoms with E-state index in [1.807, 2.05) is 6.20 Å². The third-order valence-electron chi connectivity index (χ3n) is 10.8. The van der Waals surface area contributed by atoms with Crippen LogP contribution in [-0.2, 0) is 11.8 Å². The van der Waals surface area contributed by atoms with Gasteiger partial charge in [0.05, 0.1) is 23.7 Å². The maximum Gasteiger partial charge on any atom is 0.115 e. The molecule has 1 heterocycles. The topological polar surface area (TPSA) is 89.4 Å². The van der Waals surface area contributed by atoms with Gasteiger partial charge in [-0.1, -0.05) is 63.6 Å². The van der Waals surface area contributed by atoms with Crippen molar-refractivity contribution in [3.8, 4) is 0 Å². The predicted molar refractivity (Wildman–Crippen MR) is 157 cm³/mol. The highest BCUT2D eigenvalue weighted by molar-refractivity contribution is 5.39. The second kappa shape index (κ2) is 11.5. The van der Waals surface area contributed by atoms with Crippen LogP contribution in [0.25, 0.3) is 0 Å². The van der Waals surface area contributed by atoms with Crippen molar-refractivity contribution in [2.24, 2.45) is 23.2 Å². The van der Waals surface area contributed by atoms with Crippen LogP contribution in [0, 0.1) is 23.2 Å². The Morgan fingerprint density at radius 3 is 2.72 bits per heavy atom. The van der Waals surface area contributed by atoms with Crippen LogP contribution in [0.2, 0.25) is 0 Å². The molecule has 0 aliphatic heterocycles. The average molecular weight is 535 g/mol. The molecule has 0 spiro atoms. The number of fused-ring (bicyclic) bond motifs is 1. The fraction of sp³-hybridized carbons (Fsp3) is 0.676. The fourth-order valence-electron chi connectivity index (χ4n) is 8.12. The monoisotopic (exact) mass is 534 g/mol. The Labute approximate surface area is 235 Å². The summed E-state index contributed by atoms with van der Waals surface area (Å²) >= 11 is 0. The quantitative estimate of drug-likeness (QED) is 0.273. The van der Waals surface area contributed by atoms with Gasteiger partial charge in [-0.05, 0) is 98.5 Å². The van der Waals surface area contributed by atoms with Crippen molar-refractivity contribution in [2.75, 3.05) is 0 Å². The molecule has 0 saturated heterocycles. The molecule has 4 saturated carbocycles. The summed E-state index contributed by atoms with van der Waals surface area (Å²) < 4.78 is 0. The van der Waals surface area contributed by atoms with Crippen molar-refractivity contribution in [2.45, 2.75) is 122 Å². The predicted octanol–water partition coefficient (Wildman–Crippen LogP) is 6.48. The van der Waals surface area contributed by atoms with Crippen LogP contribution in [0.4, 0.5) is 0 Å². The van der Waals surface area contributed by atoms with Gasteiger partial charge in [0.15, 0.2) is 0 Å². The van der Waals surface area contributed by atoms with Gasteiger partial charge in [-0.2, -0.15) is 0 Å². The number of aromatic amines is 1. The van der Waals surface area contributed by atoms with Crippen molar-refractivity contribution >= 4 is 0 Å². The lowest BCUT2D eigenvalue weighted by Gasteiger charge is -2.44. The van der Waals surface area contributed by atoms with E-state index in [4.69, 9.17) is 0 Å². The van der Waals surface area contributed by atoms with Gasteiger partial charge in [0.2, 0.25) is 0 Å². The summed E-state index contributed by atoms with van der Waals surface area (Å²) in [5, 5.41) is 31.6. The lowest BCUT2D eigenvalue weighted by Crippen LogP contribution is -2.35. The van der Waals surface area contributed by atoms with Gasteiger partial charge >= 0.3 is 0 Å². The number of aliphatic hydroxyl groups is 3. The number of hydrogen-bond donors (Lipinski definition) is 4. The minimum Gasteiger partial charge on any atom is -0.393 e. The summed E-state index contributed by atoms with van der Waals surface area (Å²) in [5.74, 6) is 2.53. The second-order valence-corrected chi connectivity index (χ2v) is 13.4. The van der Waals surface area contributed by atoms with E-state index in [0.717, 1.165) is 49.1 Å². The molecule has 214 valence electrons. The van der Waals surface area contributed by atoms with E-state index >= 15 is 0 Å². The molecule has 0 unspecified atom stereocenters. The summed E-state index contributed by atoms with van der Waals surface area (Å²) in [6, 6.07) is 0. The summed E-state index contributed by atoms with van der Waals surface area (Å²) in [6.07, 6.45) is 21.4. The molecule has 4 N–H and O–H groups in total. The summed E-state index contributed by atoms with van der Waals surface area (Å²) in [6.45, 7) is 11.1. The van der Waals surface area contributed by atoms with Gasteiger partial charge in [0, 0.05) is 18.3 Å². The van der Waals surface area contributed by atoms with E-state index in [1.54, 1.807) is 0 Å². The Hall–Kier alpha value is -1.95. The second-order valence-electron chi connectivity index (χ2n) is 13.4. The number of aromatic nitrogens is 2. The standard InChI is InChI=1S/C34H50N2O3/c1-5-6-9-26-21-35-32(36-26)34(17-18-34)31(39)15-10-22(2)28-13-14-29-24(8-7-16-33(28,29)4)11-12-25-19-27(37)20-30(38)23(25)3/h10-12,15,21-22,27-31,37-39H,3,5-9,13-14,16-20H2,1-2,4H3,(H,35,36)/b15-10+,24-11+,25-12-/t22-,27-,28-,29+,30+,31+,33-/m1/s1. The summed E-state index contributed by atoms with van der Waals surface area (Å²) in [4.78, 5) is 8.19. The molecule has 4 aliphatic rings. The maximum absolute atomic E-state index is 11.3. The molecule has 0 amide bonds. The number of imidazole rings is 1. The molecule has 0 radical (unpaired) electrons. The molecular formula is C34H50N2O3. The number of aryl methyl sites for hydroxylation is 1. The van der Waals surface area contributed by atoms with Crippen LogP contribution in [0.5, 0.6) is 0 Å². The van der Waals surface area contributed by atoms with E-state index in [-0.39, 0.29) is 10.8 Å². The van der Waals surface area contributed by atoms with Gasteiger partial charge in [-0.3, -0.25) is 0 Å². The van der Waals surface area contributed by atoms with E-state index in [2.05, 4.69) is 61.6 Å². The molecule has 1 aromatic heterocycles. The molecule has 5 nitrogen and oxygen atoms in total. The van der Waals surface area contributed by atoms with Crippen LogP contribution in [-0.4, -0.2) is 43.6 Å². The first-order valence-electron chi connectivity index (χ1n) is 15.5. The van der Waals surface area contributed by atoms with E-state index in [9.17, 15) is 15.3 Å². The zero-order valence-electron chi connectivity index (χ0n) is 24.3. The molecule has 1 aromatic rings. The number of aliphatic hydroxyl groups excluding tert-OH is 3. The van der Waals surface area contributed by atoms with Gasteiger partial charge in [0.1, 0.15) is 5.82 Å². The minimum atomic E-state index is -0.639. The third-order valence-corrected chi connectivity index (χ3v) is 10.8. The highest BCUT2D eigenvalue weighted by Crippen LogP contribution is 2.59. The van der Waals surface area contributed by atoms with Crippen LogP contribution in [0.1, 0.15) is 103 Å². The first kappa shape index (κ1) is 28.6. The molecular weight excluding hydrogens is 484 g/mol. The van der Waals surface area contributed by atoms with E-state index < -0.39 is 18.3 Å². The van der Waals surface area contributed by atoms with Gasteiger partial charge in [-0.25, -0.2) is 4.98 Å². The van der Waals surface area contributed by atoms with Gasteiger partial charge in [-0.15, -0.1) is 0 Å². The van der Waals surface area contributed by atoms with Crippen molar-refractivity contribution < 1.29 is 15.3 Å². The smallest absolute Gasteiger partial charge is 0.115 e. The van der Waals surface area contributed by atoms with Crippen molar-refractivity contribution in [1.82, 2.24) is 9.97 Å². The number of hydrogen-bond acceptors (Lipinski definition) is 4. The normalized spacial score (nSPS) is 36.0. The van der Waals surface area contributed by atoms with Crippen molar-refractivity contribution in [3.63, 3.8) is 0 Å². The number of rotatable bonds is 9. The number of nitrogens with zero attached hydrogens (tertiary/aromatic N) is 1. The summed E-state index contributed by atoms with van der Waals surface area (Å²) in [7, 11) is 0. The van der Waals surface area contributed by atoms with E-state index in [1.165, 1.54) is 43.4 Å². The number of nitrogens with one attached hydrogen (secondary N) is 1. The molecule has 5 heteroatoms. The highest BCUT2D eigenvalue weighted by atomic mass is 16.3. The zero-order valence-corrected chi connectivity index (χ0v) is 24.3. The Kier molecular flexibility index (Phi) is 8.43. The lowest BCUT2D eigenvalue weighted by molar-refractivity contribution is 0.0862.